The number of aromatic nitrogens is 4. The number of fused-ring (bicyclic) bond motifs is 1. The van der Waals surface area contributed by atoms with E-state index in [0.717, 1.165) is 25.1 Å². The van der Waals surface area contributed by atoms with Gasteiger partial charge in [-0.2, -0.15) is 0 Å². The molecule has 1 saturated carbocycles. The summed E-state index contributed by atoms with van der Waals surface area (Å²) in [6.07, 6.45) is 3.00. The molecule has 2 aromatic rings. The minimum atomic E-state index is -0.327. The summed E-state index contributed by atoms with van der Waals surface area (Å²) >= 11 is 0. The lowest BCUT2D eigenvalue weighted by atomic mass is 10.3. The second kappa shape index (κ2) is 5.39. The Morgan fingerprint density at radius 3 is 2.59 bits per heavy atom. The van der Waals surface area contributed by atoms with E-state index in [4.69, 9.17) is 5.73 Å². The number of hydrogen-bond donors (Lipinski definition) is 1. The molecule has 120 valence electrons. The smallest absolute Gasteiger partial charge is 0.328 e. The van der Waals surface area contributed by atoms with Crippen LogP contribution in [0, 0.1) is 0 Å². The van der Waals surface area contributed by atoms with Gasteiger partial charge in [-0.1, -0.05) is 6.92 Å². The number of aryl methyl sites for hydroxylation is 2. The fourth-order valence-corrected chi connectivity index (χ4v) is 2.98. The van der Waals surface area contributed by atoms with Crippen molar-refractivity contribution in [1.82, 2.24) is 18.7 Å². The van der Waals surface area contributed by atoms with Gasteiger partial charge in [0.2, 0.25) is 0 Å². The molecule has 7 heteroatoms. The molecule has 0 spiro atoms. The SMILES string of the molecule is CCCn1c(=O)n(C(C)CN)c(=O)c2c1nc(C1CC1)n2C. The van der Waals surface area contributed by atoms with Gasteiger partial charge in [-0.15, -0.1) is 0 Å². The van der Waals surface area contributed by atoms with Crippen molar-refractivity contribution in [1.29, 1.82) is 0 Å². The van der Waals surface area contributed by atoms with Crippen LogP contribution in [0.5, 0.6) is 0 Å². The average molecular weight is 305 g/mol. The predicted molar refractivity (Wildman–Crippen MR) is 85.3 cm³/mol. The molecule has 2 aromatic heterocycles. The van der Waals surface area contributed by atoms with Crippen LogP contribution in [0.3, 0.4) is 0 Å². The quantitative estimate of drug-likeness (QED) is 0.881. The molecular formula is C15H23N5O2. The van der Waals surface area contributed by atoms with Gasteiger partial charge < -0.3 is 10.3 Å². The zero-order chi connectivity index (χ0) is 16.0. The third-order valence-electron chi connectivity index (χ3n) is 4.40. The molecule has 3 rings (SSSR count). The maximum atomic E-state index is 12.8. The molecule has 1 aliphatic carbocycles. The van der Waals surface area contributed by atoms with Crippen molar-refractivity contribution < 1.29 is 0 Å². The van der Waals surface area contributed by atoms with Crippen LogP contribution in [0.1, 0.15) is 50.9 Å². The number of hydrogen-bond acceptors (Lipinski definition) is 4. The van der Waals surface area contributed by atoms with Crippen LogP contribution in [0.4, 0.5) is 0 Å². The Balaban J connectivity index is 2.40. The molecule has 0 bridgehead atoms. The summed E-state index contributed by atoms with van der Waals surface area (Å²) in [5.74, 6) is 1.33. The molecule has 0 saturated heterocycles. The Kier molecular flexibility index (Phi) is 3.68. The fourth-order valence-electron chi connectivity index (χ4n) is 2.98. The highest BCUT2D eigenvalue weighted by atomic mass is 16.2. The topological polar surface area (TPSA) is 87.8 Å². The lowest BCUT2D eigenvalue weighted by molar-refractivity contribution is 0.485. The van der Waals surface area contributed by atoms with E-state index in [0.29, 0.717) is 23.6 Å². The standard InChI is InChI=1S/C15H23N5O2/c1-4-7-19-13-11(18(3)12(17-13)10-5-6-10)14(21)20(15(19)22)9(2)8-16/h9-10H,4-8,16H2,1-3H3. The van der Waals surface area contributed by atoms with E-state index in [1.165, 1.54) is 4.57 Å². The van der Waals surface area contributed by atoms with Gasteiger partial charge in [0.1, 0.15) is 5.82 Å². The maximum absolute atomic E-state index is 12.8. The Hall–Kier alpha value is -1.89. The summed E-state index contributed by atoms with van der Waals surface area (Å²) in [6.45, 7) is 4.60. The molecule has 2 heterocycles. The van der Waals surface area contributed by atoms with Crippen LogP contribution < -0.4 is 17.0 Å². The van der Waals surface area contributed by atoms with Crippen molar-refractivity contribution in [2.75, 3.05) is 6.54 Å². The minimum absolute atomic E-state index is 0.250. The fraction of sp³-hybridized carbons (Fsp3) is 0.667. The number of rotatable bonds is 5. The van der Waals surface area contributed by atoms with Gasteiger partial charge in [-0.3, -0.25) is 13.9 Å². The average Bonchev–Trinajstić information content (AvgIpc) is 3.27. The van der Waals surface area contributed by atoms with Gasteiger partial charge in [-0.25, -0.2) is 9.78 Å². The Labute approximate surface area is 128 Å². The van der Waals surface area contributed by atoms with E-state index in [2.05, 4.69) is 4.98 Å². The highest BCUT2D eigenvalue weighted by molar-refractivity contribution is 5.71. The Morgan fingerprint density at radius 1 is 1.36 bits per heavy atom. The Morgan fingerprint density at radius 2 is 2.05 bits per heavy atom. The van der Waals surface area contributed by atoms with Crippen molar-refractivity contribution in [3.8, 4) is 0 Å². The first-order valence-electron chi connectivity index (χ1n) is 7.92. The van der Waals surface area contributed by atoms with Crippen LogP contribution in [-0.2, 0) is 13.6 Å². The summed E-state index contributed by atoms with van der Waals surface area (Å²) in [4.78, 5) is 30.2. The van der Waals surface area contributed by atoms with Gasteiger partial charge in [0.15, 0.2) is 11.2 Å². The summed E-state index contributed by atoms with van der Waals surface area (Å²) in [5, 5.41) is 0. The number of imidazole rings is 1. The maximum Gasteiger partial charge on any atom is 0.333 e. The number of nitrogens with two attached hydrogens (primary N) is 1. The first kappa shape index (κ1) is 15.0. The first-order chi connectivity index (χ1) is 10.5. The lowest BCUT2D eigenvalue weighted by Crippen LogP contribution is -2.43. The van der Waals surface area contributed by atoms with Crippen LogP contribution >= 0.6 is 0 Å². The van der Waals surface area contributed by atoms with Crippen molar-refractivity contribution >= 4 is 11.2 Å². The minimum Gasteiger partial charge on any atom is -0.328 e. The molecular weight excluding hydrogens is 282 g/mol. The number of nitrogens with zero attached hydrogens (tertiary/aromatic N) is 4. The molecule has 1 unspecified atom stereocenters. The van der Waals surface area contributed by atoms with Gasteiger partial charge in [0, 0.05) is 26.1 Å². The van der Waals surface area contributed by atoms with E-state index < -0.39 is 0 Å². The summed E-state index contributed by atoms with van der Waals surface area (Å²) < 4.78 is 4.76. The highest BCUT2D eigenvalue weighted by Gasteiger charge is 2.31. The van der Waals surface area contributed by atoms with Gasteiger partial charge in [-0.05, 0) is 26.2 Å². The van der Waals surface area contributed by atoms with E-state index in [9.17, 15) is 9.59 Å². The lowest BCUT2D eigenvalue weighted by Gasteiger charge is -2.15. The monoisotopic (exact) mass is 305 g/mol. The van der Waals surface area contributed by atoms with Gasteiger partial charge in [0.05, 0.1) is 6.04 Å². The molecule has 1 atom stereocenters. The zero-order valence-corrected chi connectivity index (χ0v) is 13.4. The Bertz CT molecular complexity index is 825. The molecule has 22 heavy (non-hydrogen) atoms. The summed E-state index contributed by atoms with van der Waals surface area (Å²) in [5.41, 5.74) is 6.11. The van der Waals surface area contributed by atoms with Crippen LogP contribution in [0.2, 0.25) is 0 Å². The molecule has 7 nitrogen and oxygen atoms in total. The third kappa shape index (κ3) is 2.11. The van der Waals surface area contributed by atoms with Crippen molar-refractivity contribution in [2.24, 2.45) is 12.8 Å². The first-order valence-corrected chi connectivity index (χ1v) is 7.92. The van der Waals surface area contributed by atoms with Gasteiger partial charge >= 0.3 is 5.69 Å². The second-order valence-electron chi connectivity index (χ2n) is 6.17. The molecule has 0 radical (unpaired) electrons. The third-order valence-corrected chi connectivity index (χ3v) is 4.40. The molecule has 1 fully saturated rings. The van der Waals surface area contributed by atoms with E-state index in [1.54, 1.807) is 11.5 Å². The normalized spacial score (nSPS) is 16.4. The van der Waals surface area contributed by atoms with Crippen molar-refractivity contribution in [3.05, 3.63) is 26.7 Å². The largest absolute Gasteiger partial charge is 0.333 e. The van der Waals surface area contributed by atoms with Crippen LogP contribution in [0.15, 0.2) is 9.59 Å². The second-order valence-corrected chi connectivity index (χ2v) is 6.17. The molecule has 2 N–H and O–H groups in total. The van der Waals surface area contributed by atoms with Crippen molar-refractivity contribution in [3.63, 3.8) is 0 Å². The van der Waals surface area contributed by atoms with Crippen molar-refractivity contribution in [2.45, 2.75) is 51.6 Å². The van der Waals surface area contributed by atoms with E-state index in [-0.39, 0.29) is 23.8 Å². The molecule has 0 aliphatic heterocycles. The predicted octanol–water partition coefficient (Wildman–Crippen LogP) is 0.704. The summed E-state index contributed by atoms with van der Waals surface area (Å²) in [6, 6.07) is -0.327. The molecule has 0 amide bonds. The van der Waals surface area contributed by atoms with Crippen LogP contribution in [0.25, 0.3) is 11.2 Å². The molecule has 1 aliphatic rings. The van der Waals surface area contributed by atoms with E-state index >= 15 is 0 Å². The summed E-state index contributed by atoms with van der Waals surface area (Å²) in [7, 11) is 1.86. The van der Waals surface area contributed by atoms with E-state index in [1.807, 2.05) is 18.5 Å². The zero-order valence-electron chi connectivity index (χ0n) is 13.4. The van der Waals surface area contributed by atoms with Gasteiger partial charge in [0.25, 0.3) is 5.56 Å². The van der Waals surface area contributed by atoms with Crippen LogP contribution in [-0.4, -0.2) is 25.2 Å². The highest BCUT2D eigenvalue weighted by Crippen LogP contribution is 2.39. The molecule has 0 aromatic carbocycles.